The van der Waals surface area contributed by atoms with E-state index in [-0.39, 0.29) is 22.4 Å². The fraction of sp³-hybridized carbons (Fsp3) is 0.545. The van der Waals surface area contributed by atoms with Crippen molar-refractivity contribution in [2.24, 2.45) is 0 Å². The van der Waals surface area contributed by atoms with E-state index < -0.39 is 8.32 Å². The molecular weight excluding hydrogens is 376 g/mol. The van der Waals surface area contributed by atoms with E-state index in [2.05, 4.69) is 20.8 Å². The van der Waals surface area contributed by atoms with Crippen LogP contribution in [0, 0.1) is 0 Å². The van der Waals surface area contributed by atoms with E-state index >= 15 is 0 Å². The molecule has 0 heterocycles. The Hall–Kier alpha value is -1.39. The predicted octanol–water partition coefficient (Wildman–Crippen LogP) is 6.88. The number of halogens is 1. The highest BCUT2D eigenvalue weighted by Gasteiger charge is 2.41. The third-order valence-electron chi connectivity index (χ3n) is 5.30. The quantitative estimate of drug-likeness (QED) is 0.376. The molecular formula is C22H31ClO3Si. The van der Waals surface area contributed by atoms with Gasteiger partial charge in [-0.1, -0.05) is 95.2 Å². The highest BCUT2D eigenvalue weighted by molar-refractivity contribution is 6.74. The van der Waals surface area contributed by atoms with Gasteiger partial charge in [-0.05, 0) is 18.1 Å². The van der Waals surface area contributed by atoms with E-state index in [1.54, 1.807) is 24.3 Å². The van der Waals surface area contributed by atoms with E-state index in [0.717, 1.165) is 56.7 Å². The molecule has 0 atom stereocenters. The van der Waals surface area contributed by atoms with Gasteiger partial charge in [-0.3, -0.25) is 9.59 Å². The Morgan fingerprint density at radius 2 is 1.26 bits per heavy atom. The van der Waals surface area contributed by atoms with Gasteiger partial charge >= 0.3 is 0 Å². The summed E-state index contributed by atoms with van der Waals surface area (Å²) in [7, 11) is -2.20. The Morgan fingerprint density at radius 1 is 0.815 bits per heavy atom. The summed E-state index contributed by atoms with van der Waals surface area (Å²) in [5.74, 6) is -0.432. The van der Waals surface area contributed by atoms with Crippen molar-refractivity contribution >= 4 is 31.5 Å². The minimum atomic E-state index is -2.20. The third-order valence-corrected chi connectivity index (χ3v) is 10.1. The summed E-state index contributed by atoms with van der Waals surface area (Å²) in [6.07, 6.45) is 6.55. The van der Waals surface area contributed by atoms with Gasteiger partial charge in [-0.15, -0.1) is 0 Å². The number of hydrogen-bond acceptors (Lipinski definition) is 3. The number of carbonyl (C=O) groups is 2. The van der Waals surface area contributed by atoms with E-state index in [4.69, 9.17) is 16.0 Å². The molecule has 3 nitrogen and oxygen atoms in total. The second-order valence-electron chi connectivity index (χ2n) is 7.44. The lowest BCUT2D eigenvalue weighted by Crippen LogP contribution is -2.40. The number of allylic oxidation sites excluding steroid dienone is 2. The van der Waals surface area contributed by atoms with Gasteiger partial charge in [0.05, 0.1) is 0 Å². The summed E-state index contributed by atoms with van der Waals surface area (Å²) in [6, 6.07) is 9.92. The van der Waals surface area contributed by atoms with Crippen molar-refractivity contribution < 1.29 is 14.0 Å². The van der Waals surface area contributed by atoms with Gasteiger partial charge in [0.1, 0.15) is 5.03 Å². The Bertz CT molecular complexity index is 689. The maximum atomic E-state index is 13.1. The average Bonchev–Trinajstić information content (AvgIpc) is 2.70. The second-order valence-corrected chi connectivity index (χ2v) is 11.9. The van der Waals surface area contributed by atoms with Crippen molar-refractivity contribution in [2.75, 3.05) is 0 Å². The predicted molar refractivity (Wildman–Crippen MR) is 114 cm³/mol. The lowest BCUT2D eigenvalue weighted by Gasteiger charge is -2.34. The van der Waals surface area contributed by atoms with Crippen molar-refractivity contribution in [2.45, 2.75) is 77.4 Å². The molecule has 0 radical (unpaired) electrons. The van der Waals surface area contributed by atoms with Crippen molar-refractivity contribution in [3.8, 4) is 0 Å². The first-order valence-corrected chi connectivity index (χ1v) is 13.2. The highest BCUT2D eigenvalue weighted by Crippen LogP contribution is 2.36. The molecule has 0 bridgehead atoms. The fourth-order valence-electron chi connectivity index (χ4n) is 3.66. The number of Topliss-reactive ketones (excluding diaryl/α,β-unsaturated/α-hetero) is 2. The fourth-order valence-corrected chi connectivity index (χ4v) is 8.62. The summed E-state index contributed by atoms with van der Waals surface area (Å²) in [5, 5.41) is -0.0416. The summed E-state index contributed by atoms with van der Waals surface area (Å²) >= 11 is 6.37. The number of unbranched alkanes of at least 4 members (excludes halogenated alkanes) is 3. The lowest BCUT2D eigenvalue weighted by molar-refractivity contribution is 0.0939. The van der Waals surface area contributed by atoms with Crippen LogP contribution in [0.25, 0.3) is 0 Å². The third kappa shape index (κ3) is 5.11. The number of ketones is 2. The highest BCUT2D eigenvalue weighted by atomic mass is 35.5. The number of rotatable bonds is 11. The Kier molecular flexibility index (Phi) is 8.30. The largest absolute Gasteiger partial charge is 0.540 e. The number of carbonyl (C=O) groups excluding carboxylic acids is 2. The van der Waals surface area contributed by atoms with E-state index in [0.29, 0.717) is 11.1 Å². The monoisotopic (exact) mass is 406 g/mol. The lowest BCUT2D eigenvalue weighted by atomic mass is 9.94. The molecule has 0 saturated heterocycles. The van der Waals surface area contributed by atoms with Gasteiger partial charge in [0, 0.05) is 11.1 Å². The van der Waals surface area contributed by atoms with Gasteiger partial charge in [-0.2, -0.15) is 0 Å². The second kappa shape index (κ2) is 10.2. The molecule has 1 aliphatic rings. The molecule has 0 N–H and O–H groups in total. The zero-order valence-corrected chi connectivity index (χ0v) is 18.5. The zero-order valence-electron chi connectivity index (χ0n) is 16.8. The Balaban J connectivity index is 2.40. The van der Waals surface area contributed by atoms with Crippen LogP contribution in [0.5, 0.6) is 0 Å². The van der Waals surface area contributed by atoms with E-state index in [9.17, 15) is 9.59 Å². The molecule has 0 aliphatic heterocycles. The summed E-state index contributed by atoms with van der Waals surface area (Å²) < 4.78 is 6.55. The van der Waals surface area contributed by atoms with Gasteiger partial charge in [0.25, 0.3) is 8.32 Å². The maximum absolute atomic E-state index is 13.1. The first kappa shape index (κ1) is 21.9. The van der Waals surface area contributed by atoms with E-state index in [1.807, 2.05) is 0 Å². The molecule has 0 aromatic heterocycles. The summed E-state index contributed by atoms with van der Waals surface area (Å²) in [4.78, 5) is 25.8. The smallest absolute Gasteiger partial charge is 0.251 e. The van der Waals surface area contributed by atoms with Crippen molar-refractivity contribution in [1.82, 2.24) is 0 Å². The molecule has 5 heteroatoms. The van der Waals surface area contributed by atoms with Crippen molar-refractivity contribution in [1.29, 1.82) is 0 Å². The van der Waals surface area contributed by atoms with Gasteiger partial charge in [0.2, 0.25) is 11.6 Å². The van der Waals surface area contributed by atoms with Crippen LogP contribution >= 0.6 is 11.6 Å². The normalized spacial score (nSPS) is 14.5. The molecule has 148 valence electrons. The first-order valence-electron chi connectivity index (χ1n) is 10.3. The Morgan fingerprint density at radius 3 is 1.70 bits per heavy atom. The van der Waals surface area contributed by atoms with Gasteiger partial charge < -0.3 is 4.43 Å². The molecule has 0 fully saturated rings. The van der Waals surface area contributed by atoms with Crippen LogP contribution in [0.1, 0.15) is 80.0 Å². The molecule has 1 aliphatic carbocycles. The number of hydrogen-bond donors (Lipinski definition) is 0. The van der Waals surface area contributed by atoms with Gasteiger partial charge in [-0.25, -0.2) is 0 Å². The van der Waals surface area contributed by atoms with Crippen LogP contribution < -0.4 is 0 Å². The number of benzene rings is 1. The standard InChI is InChI=1S/C22H31ClO3Si/c1-4-7-14-27(15-8-5-2,16-9-6-3)26-22-19(23)20(24)17-12-10-11-13-18(17)21(22)25/h10-13H,4-9,14-16H2,1-3H3. The van der Waals surface area contributed by atoms with E-state index in [1.165, 1.54) is 0 Å². The minimum Gasteiger partial charge on any atom is -0.540 e. The van der Waals surface area contributed by atoms with Crippen LogP contribution in [0.15, 0.2) is 35.1 Å². The van der Waals surface area contributed by atoms with Crippen LogP contribution in [0.4, 0.5) is 0 Å². The Labute approximate surface area is 169 Å². The molecule has 1 aromatic carbocycles. The number of fused-ring (bicyclic) bond motifs is 1. The first-order chi connectivity index (χ1) is 13.0. The van der Waals surface area contributed by atoms with Crippen molar-refractivity contribution in [3.05, 3.63) is 46.2 Å². The van der Waals surface area contributed by atoms with Crippen LogP contribution in [0.3, 0.4) is 0 Å². The summed E-state index contributed by atoms with van der Waals surface area (Å²) in [5.41, 5.74) is 0.786. The molecule has 0 spiro atoms. The molecule has 27 heavy (non-hydrogen) atoms. The topological polar surface area (TPSA) is 43.4 Å². The average molecular weight is 407 g/mol. The zero-order chi connectivity index (χ0) is 19.9. The minimum absolute atomic E-state index is 0.0416. The molecule has 0 saturated carbocycles. The van der Waals surface area contributed by atoms with Crippen LogP contribution in [0.2, 0.25) is 18.1 Å². The SMILES string of the molecule is CCCC[Si](CCCC)(CCCC)OC1=C(Cl)C(=O)c2ccccc2C1=O. The molecule has 1 aromatic rings. The molecule has 0 unspecified atom stereocenters. The van der Waals surface area contributed by atoms with Crippen LogP contribution in [-0.2, 0) is 4.43 Å². The maximum Gasteiger partial charge on any atom is 0.251 e. The van der Waals surface area contributed by atoms with Crippen molar-refractivity contribution in [3.63, 3.8) is 0 Å². The van der Waals surface area contributed by atoms with Crippen LogP contribution in [-0.4, -0.2) is 19.9 Å². The molecule has 2 rings (SSSR count). The summed E-state index contributed by atoms with van der Waals surface area (Å²) in [6.45, 7) is 6.53. The van der Waals surface area contributed by atoms with Gasteiger partial charge in [0.15, 0.2) is 5.76 Å². The molecule has 0 amide bonds.